The van der Waals surface area contributed by atoms with Crippen LogP contribution in [0.5, 0.6) is 5.75 Å². The van der Waals surface area contributed by atoms with E-state index in [0.29, 0.717) is 22.6 Å². The predicted molar refractivity (Wildman–Crippen MR) is 110 cm³/mol. The maximum absolute atomic E-state index is 12.3. The fourth-order valence-corrected chi connectivity index (χ4v) is 5.79. The Hall–Kier alpha value is -1.46. The molecule has 0 bridgehead atoms. The van der Waals surface area contributed by atoms with E-state index in [1.165, 1.54) is 12.1 Å². The summed E-state index contributed by atoms with van der Waals surface area (Å²) in [7, 11) is 0. The first-order chi connectivity index (χ1) is 14.7. The highest BCUT2D eigenvalue weighted by molar-refractivity contribution is 8.00. The molecule has 1 spiro atoms. The van der Waals surface area contributed by atoms with Crippen molar-refractivity contribution in [1.29, 1.82) is 0 Å². The van der Waals surface area contributed by atoms with Gasteiger partial charge in [-0.05, 0) is 47.4 Å². The molecule has 31 heavy (non-hydrogen) atoms. The molecule has 0 unspecified atom stereocenters. The second-order valence-corrected chi connectivity index (χ2v) is 9.38. The Morgan fingerprint density at radius 1 is 1.16 bits per heavy atom. The van der Waals surface area contributed by atoms with Crippen LogP contribution in [0.4, 0.5) is 8.78 Å². The maximum Gasteiger partial charge on any atom is 0.387 e. The van der Waals surface area contributed by atoms with Gasteiger partial charge in [-0.15, -0.1) is 11.8 Å². The number of fused-ring (bicyclic) bond motifs is 2. The van der Waals surface area contributed by atoms with E-state index >= 15 is 0 Å². The number of aliphatic hydroxyl groups is 4. The molecule has 0 saturated carbocycles. The van der Waals surface area contributed by atoms with Crippen LogP contribution in [-0.4, -0.2) is 57.2 Å². The van der Waals surface area contributed by atoms with Gasteiger partial charge in [0.1, 0.15) is 18.0 Å². The highest BCUT2D eigenvalue weighted by Crippen LogP contribution is 2.54. The van der Waals surface area contributed by atoms with Crippen LogP contribution in [0.1, 0.15) is 22.3 Å². The summed E-state index contributed by atoms with van der Waals surface area (Å²) in [6, 6.07) is 9.70. The first-order valence-electron chi connectivity index (χ1n) is 9.57. The van der Waals surface area contributed by atoms with E-state index in [1.54, 1.807) is 24.3 Å². The maximum atomic E-state index is 12.3. The largest absolute Gasteiger partial charge is 0.435 e. The minimum atomic E-state index is -2.90. The van der Waals surface area contributed by atoms with Gasteiger partial charge in [0.2, 0.25) is 0 Å². The molecule has 1 fully saturated rings. The van der Waals surface area contributed by atoms with Crippen molar-refractivity contribution in [2.24, 2.45) is 0 Å². The lowest BCUT2D eigenvalue weighted by Gasteiger charge is -2.45. The monoisotopic (exact) mass is 474 g/mol. The average molecular weight is 475 g/mol. The van der Waals surface area contributed by atoms with Crippen molar-refractivity contribution >= 4 is 23.4 Å². The number of alkyl halides is 2. The summed E-state index contributed by atoms with van der Waals surface area (Å²) in [6.07, 6.45) is -3.83. The number of benzene rings is 2. The molecule has 0 radical (unpaired) electrons. The third-order valence-electron chi connectivity index (χ3n) is 5.58. The second kappa shape index (κ2) is 8.82. The molecule has 0 amide bonds. The third kappa shape index (κ3) is 4.16. The minimum absolute atomic E-state index is 0.0514. The number of aliphatic hydroxyl groups excluding tert-OH is 4. The van der Waals surface area contributed by atoms with Gasteiger partial charge >= 0.3 is 6.61 Å². The number of thioether (sulfide) groups is 1. The van der Waals surface area contributed by atoms with Crippen LogP contribution >= 0.6 is 23.4 Å². The molecule has 10 heteroatoms. The van der Waals surface area contributed by atoms with Crippen LogP contribution in [0.3, 0.4) is 0 Å². The van der Waals surface area contributed by atoms with E-state index in [2.05, 4.69) is 4.74 Å². The normalized spacial score (nSPS) is 30.1. The molecule has 0 aromatic heterocycles. The van der Waals surface area contributed by atoms with Crippen LogP contribution in [0, 0.1) is 0 Å². The zero-order valence-electron chi connectivity index (χ0n) is 16.1. The molecule has 2 aromatic carbocycles. The lowest BCUT2D eigenvalue weighted by atomic mass is 9.91. The molecule has 6 nitrogen and oxygen atoms in total. The smallest absolute Gasteiger partial charge is 0.387 e. The molecule has 5 atom stereocenters. The highest BCUT2D eigenvalue weighted by atomic mass is 35.5. The molecule has 168 valence electrons. The summed E-state index contributed by atoms with van der Waals surface area (Å²) in [4.78, 5) is -1.35. The SMILES string of the molecule is OC[C@H]1S[C@]2(OCc3cc(Cl)c(Cc4ccc(OC(F)F)cc4)cc32)[C@H](O)[C@@H](O)[C@@H]1O. The number of hydrogen-bond donors (Lipinski definition) is 4. The summed E-state index contributed by atoms with van der Waals surface area (Å²) < 4.78 is 34.9. The molecule has 2 heterocycles. The van der Waals surface area contributed by atoms with E-state index < -0.39 is 41.7 Å². The van der Waals surface area contributed by atoms with E-state index in [9.17, 15) is 29.2 Å². The Morgan fingerprint density at radius 3 is 2.52 bits per heavy atom. The van der Waals surface area contributed by atoms with Crippen molar-refractivity contribution in [2.45, 2.75) is 48.1 Å². The quantitative estimate of drug-likeness (QED) is 0.528. The Balaban J connectivity index is 1.65. The van der Waals surface area contributed by atoms with Crippen LogP contribution < -0.4 is 4.74 Å². The van der Waals surface area contributed by atoms with Gasteiger partial charge < -0.3 is 29.9 Å². The topological polar surface area (TPSA) is 99.4 Å². The second-order valence-electron chi connectivity index (χ2n) is 7.52. The summed E-state index contributed by atoms with van der Waals surface area (Å²) in [5.74, 6) is 0.0514. The molecular formula is C21H21ClF2O6S. The molecule has 0 aliphatic carbocycles. The van der Waals surface area contributed by atoms with Crippen molar-refractivity contribution in [1.82, 2.24) is 0 Å². The Bertz CT molecular complexity index is 944. The fourth-order valence-electron chi connectivity index (χ4n) is 3.99. The van der Waals surface area contributed by atoms with Gasteiger partial charge in [0.15, 0.2) is 4.93 Å². The van der Waals surface area contributed by atoms with Gasteiger partial charge in [-0.2, -0.15) is 8.78 Å². The van der Waals surface area contributed by atoms with Gasteiger partial charge in [0, 0.05) is 10.6 Å². The number of rotatable bonds is 5. The van der Waals surface area contributed by atoms with Crippen molar-refractivity contribution in [3.63, 3.8) is 0 Å². The molecule has 1 saturated heterocycles. The summed E-state index contributed by atoms with van der Waals surface area (Å²) in [5.41, 5.74) is 2.87. The van der Waals surface area contributed by atoms with E-state index in [0.717, 1.165) is 22.9 Å². The molecule has 2 aliphatic heterocycles. The fraction of sp³-hybridized carbons (Fsp3) is 0.429. The lowest BCUT2D eigenvalue weighted by molar-refractivity contribution is -0.147. The van der Waals surface area contributed by atoms with Gasteiger partial charge in [0.05, 0.1) is 24.6 Å². The first kappa shape index (κ1) is 22.7. The Kier molecular flexibility index (Phi) is 6.47. The summed E-state index contributed by atoms with van der Waals surface area (Å²) in [6.45, 7) is -3.15. The molecule has 2 aromatic rings. The number of halogens is 3. The molecular weight excluding hydrogens is 454 g/mol. The van der Waals surface area contributed by atoms with Crippen molar-refractivity contribution < 1.29 is 38.7 Å². The zero-order valence-corrected chi connectivity index (χ0v) is 17.7. The lowest BCUT2D eigenvalue weighted by Crippen LogP contribution is -2.58. The van der Waals surface area contributed by atoms with Crippen molar-refractivity contribution in [3.8, 4) is 5.75 Å². The highest BCUT2D eigenvalue weighted by Gasteiger charge is 2.57. The van der Waals surface area contributed by atoms with Crippen LogP contribution in [0.25, 0.3) is 0 Å². The van der Waals surface area contributed by atoms with E-state index in [4.69, 9.17) is 16.3 Å². The predicted octanol–water partition coefficient (Wildman–Crippen LogP) is 2.41. The molecule has 4 N–H and O–H groups in total. The van der Waals surface area contributed by atoms with E-state index in [-0.39, 0.29) is 12.4 Å². The summed E-state index contributed by atoms with van der Waals surface area (Å²) in [5, 5.41) is 40.6. The van der Waals surface area contributed by atoms with Crippen molar-refractivity contribution in [3.05, 3.63) is 63.7 Å². The third-order valence-corrected chi connectivity index (χ3v) is 7.59. The van der Waals surface area contributed by atoms with Gasteiger partial charge in [-0.1, -0.05) is 23.7 Å². The molecule has 2 aliphatic rings. The number of hydrogen-bond acceptors (Lipinski definition) is 7. The van der Waals surface area contributed by atoms with Crippen LogP contribution in [0.15, 0.2) is 36.4 Å². The average Bonchev–Trinajstić information content (AvgIpc) is 3.08. The Labute approximate surface area is 186 Å². The van der Waals surface area contributed by atoms with Crippen LogP contribution in [-0.2, 0) is 22.7 Å². The van der Waals surface area contributed by atoms with Crippen LogP contribution in [0.2, 0.25) is 5.02 Å². The Morgan fingerprint density at radius 2 is 1.87 bits per heavy atom. The van der Waals surface area contributed by atoms with Crippen molar-refractivity contribution in [2.75, 3.05) is 6.61 Å². The van der Waals surface area contributed by atoms with Gasteiger partial charge in [-0.25, -0.2) is 0 Å². The van der Waals surface area contributed by atoms with Gasteiger partial charge in [0.25, 0.3) is 0 Å². The first-order valence-corrected chi connectivity index (χ1v) is 10.8. The number of ether oxygens (including phenoxy) is 2. The van der Waals surface area contributed by atoms with Gasteiger partial charge in [-0.3, -0.25) is 0 Å². The van der Waals surface area contributed by atoms with E-state index in [1.807, 2.05) is 0 Å². The standard InChI is InChI=1S/C21H21ClF2O6S/c22-15-7-12-9-29-21(19(28)18(27)17(26)16(8-25)31-21)14(12)6-11(15)5-10-1-3-13(4-2-10)30-20(23)24/h1-4,6-7,16-20,25-28H,5,8-9H2/t16-,17-,18+,19-,21+/m1/s1. The minimum Gasteiger partial charge on any atom is -0.435 e. The summed E-state index contributed by atoms with van der Waals surface area (Å²) >= 11 is 7.52. The zero-order chi connectivity index (χ0) is 22.3. The molecule has 4 rings (SSSR count).